The Labute approximate surface area is 160 Å². The van der Waals surface area contributed by atoms with Crippen LogP contribution in [0.2, 0.25) is 0 Å². The molecule has 2 aromatic rings. The number of anilines is 3. The second-order valence-electron chi connectivity index (χ2n) is 6.61. The van der Waals surface area contributed by atoms with E-state index in [4.69, 9.17) is 4.74 Å². The number of nitrogens with one attached hydrogen (secondary N) is 3. The van der Waals surface area contributed by atoms with Gasteiger partial charge in [-0.3, -0.25) is 9.59 Å². The Morgan fingerprint density at radius 3 is 2.15 bits per heavy atom. The van der Waals surface area contributed by atoms with Crippen molar-refractivity contribution in [2.24, 2.45) is 5.92 Å². The van der Waals surface area contributed by atoms with Crippen LogP contribution in [0.1, 0.15) is 27.2 Å². The van der Waals surface area contributed by atoms with E-state index in [0.29, 0.717) is 30.3 Å². The molecule has 2 aromatic carbocycles. The molecule has 2 rings (SSSR count). The molecule has 0 aliphatic heterocycles. The third-order valence-corrected chi connectivity index (χ3v) is 3.64. The zero-order chi connectivity index (χ0) is 19.6. The number of hydrogen-bond acceptors (Lipinski definition) is 4. The molecule has 0 radical (unpaired) electrons. The molecule has 0 saturated carbocycles. The second-order valence-corrected chi connectivity index (χ2v) is 6.61. The highest BCUT2D eigenvalue weighted by molar-refractivity contribution is 5.94. The number of hydrogen-bond donors (Lipinski definition) is 3. The van der Waals surface area contributed by atoms with Gasteiger partial charge in [0.15, 0.2) is 0 Å². The third-order valence-electron chi connectivity index (χ3n) is 3.64. The first-order valence-electron chi connectivity index (χ1n) is 9.12. The van der Waals surface area contributed by atoms with Gasteiger partial charge in [-0.25, -0.2) is 0 Å². The van der Waals surface area contributed by atoms with Crippen molar-refractivity contribution < 1.29 is 14.3 Å². The molecular weight excluding hydrogens is 342 g/mol. The highest BCUT2D eigenvalue weighted by Crippen LogP contribution is 2.18. The molecule has 3 N–H and O–H groups in total. The van der Waals surface area contributed by atoms with Crippen LogP contribution < -0.4 is 20.7 Å². The van der Waals surface area contributed by atoms with Crippen LogP contribution in [0.4, 0.5) is 17.1 Å². The summed E-state index contributed by atoms with van der Waals surface area (Å²) in [5, 5.41) is 8.67. The molecule has 0 aliphatic rings. The fraction of sp³-hybridized carbons (Fsp3) is 0.333. The molecule has 0 unspecified atom stereocenters. The number of carbonyl (C=O) groups excluding carboxylic acids is 2. The zero-order valence-electron chi connectivity index (χ0n) is 16.0. The minimum Gasteiger partial charge on any atom is -0.493 e. The number of amides is 2. The van der Waals surface area contributed by atoms with Gasteiger partial charge in [-0.05, 0) is 42.3 Å². The minimum atomic E-state index is -0.158. The van der Waals surface area contributed by atoms with Crippen molar-refractivity contribution in [1.29, 1.82) is 0 Å². The largest absolute Gasteiger partial charge is 0.493 e. The van der Waals surface area contributed by atoms with Gasteiger partial charge in [-0.1, -0.05) is 26.8 Å². The fourth-order valence-electron chi connectivity index (χ4n) is 2.23. The first-order valence-corrected chi connectivity index (χ1v) is 9.12. The van der Waals surface area contributed by atoms with Crippen molar-refractivity contribution in [2.45, 2.75) is 27.2 Å². The van der Waals surface area contributed by atoms with E-state index < -0.39 is 0 Å². The molecule has 27 heavy (non-hydrogen) atoms. The van der Waals surface area contributed by atoms with E-state index in [1.165, 1.54) is 0 Å². The molecule has 0 fully saturated rings. The van der Waals surface area contributed by atoms with Gasteiger partial charge in [0.05, 0.1) is 13.2 Å². The standard InChI is InChI=1S/C21H27N3O3/c1-4-20(25)23-16-8-10-17(11-9-16)24-21(26)13-22-18-6-5-7-19(12-18)27-14-15(2)3/h5-12,15,22H,4,13-14H2,1-3H3,(H,23,25)(H,24,26). The Morgan fingerprint density at radius 1 is 0.926 bits per heavy atom. The molecule has 0 heterocycles. The van der Waals surface area contributed by atoms with E-state index >= 15 is 0 Å². The molecule has 0 bridgehead atoms. The Balaban J connectivity index is 1.82. The van der Waals surface area contributed by atoms with Gasteiger partial charge in [-0.2, -0.15) is 0 Å². The molecule has 0 aromatic heterocycles. The van der Waals surface area contributed by atoms with E-state index in [0.717, 1.165) is 11.4 Å². The van der Waals surface area contributed by atoms with E-state index in [1.807, 2.05) is 24.3 Å². The number of carbonyl (C=O) groups is 2. The summed E-state index contributed by atoms with van der Waals surface area (Å²) in [6.45, 7) is 6.77. The van der Waals surface area contributed by atoms with Crippen LogP contribution in [0.5, 0.6) is 5.75 Å². The third kappa shape index (κ3) is 7.40. The average Bonchev–Trinajstić information content (AvgIpc) is 2.66. The highest BCUT2D eigenvalue weighted by Gasteiger charge is 2.05. The number of rotatable bonds is 9. The molecule has 0 spiro atoms. The van der Waals surface area contributed by atoms with Crippen molar-refractivity contribution in [3.8, 4) is 5.75 Å². The van der Waals surface area contributed by atoms with Gasteiger partial charge < -0.3 is 20.7 Å². The van der Waals surface area contributed by atoms with Crippen molar-refractivity contribution in [2.75, 3.05) is 29.1 Å². The van der Waals surface area contributed by atoms with Crippen molar-refractivity contribution in [1.82, 2.24) is 0 Å². The summed E-state index contributed by atoms with van der Waals surface area (Å²) in [5.41, 5.74) is 2.20. The van der Waals surface area contributed by atoms with Gasteiger partial charge >= 0.3 is 0 Å². The normalized spacial score (nSPS) is 10.4. The van der Waals surface area contributed by atoms with Crippen LogP contribution in [-0.2, 0) is 9.59 Å². The first kappa shape index (κ1) is 20.3. The van der Waals surface area contributed by atoms with Crippen LogP contribution in [0.3, 0.4) is 0 Å². The Bertz CT molecular complexity index is 758. The quantitative estimate of drug-likeness (QED) is 0.621. The lowest BCUT2D eigenvalue weighted by molar-refractivity contribution is -0.116. The predicted octanol–water partition coefficient (Wildman–Crippen LogP) is 4.12. The number of ether oxygens (including phenoxy) is 1. The van der Waals surface area contributed by atoms with E-state index in [2.05, 4.69) is 29.8 Å². The maximum atomic E-state index is 12.1. The lowest BCUT2D eigenvalue weighted by atomic mass is 10.2. The lowest BCUT2D eigenvalue weighted by Gasteiger charge is -2.11. The molecule has 0 aliphatic carbocycles. The monoisotopic (exact) mass is 369 g/mol. The molecular formula is C21H27N3O3. The number of benzene rings is 2. The molecule has 0 atom stereocenters. The van der Waals surface area contributed by atoms with Crippen molar-refractivity contribution in [3.05, 3.63) is 48.5 Å². The van der Waals surface area contributed by atoms with E-state index in [9.17, 15) is 9.59 Å². The summed E-state index contributed by atoms with van der Waals surface area (Å²) < 4.78 is 5.69. The Morgan fingerprint density at radius 2 is 1.56 bits per heavy atom. The summed E-state index contributed by atoms with van der Waals surface area (Å²) in [7, 11) is 0. The average molecular weight is 369 g/mol. The lowest BCUT2D eigenvalue weighted by Crippen LogP contribution is -2.21. The van der Waals surface area contributed by atoms with E-state index in [1.54, 1.807) is 31.2 Å². The second kappa shape index (κ2) is 10.2. The highest BCUT2D eigenvalue weighted by atomic mass is 16.5. The van der Waals surface area contributed by atoms with Crippen LogP contribution >= 0.6 is 0 Å². The summed E-state index contributed by atoms with van der Waals surface area (Å²) in [5.74, 6) is 1.03. The van der Waals surface area contributed by atoms with Gasteiger partial charge in [0.2, 0.25) is 11.8 Å². The summed E-state index contributed by atoms with van der Waals surface area (Å²) in [6, 6.07) is 14.6. The van der Waals surface area contributed by atoms with Crippen LogP contribution in [-0.4, -0.2) is 25.0 Å². The zero-order valence-corrected chi connectivity index (χ0v) is 16.0. The van der Waals surface area contributed by atoms with Crippen LogP contribution in [0.15, 0.2) is 48.5 Å². The fourth-order valence-corrected chi connectivity index (χ4v) is 2.23. The molecule has 0 saturated heterocycles. The molecule has 6 nitrogen and oxygen atoms in total. The smallest absolute Gasteiger partial charge is 0.243 e. The summed E-state index contributed by atoms with van der Waals surface area (Å²) >= 11 is 0. The molecule has 2 amide bonds. The summed E-state index contributed by atoms with van der Waals surface area (Å²) in [4.78, 5) is 23.5. The van der Waals surface area contributed by atoms with E-state index in [-0.39, 0.29) is 18.4 Å². The topological polar surface area (TPSA) is 79.5 Å². The van der Waals surface area contributed by atoms with Gasteiger partial charge in [0, 0.05) is 29.5 Å². The molecule has 6 heteroatoms. The SMILES string of the molecule is CCC(=O)Nc1ccc(NC(=O)CNc2cccc(OCC(C)C)c2)cc1. The first-order chi connectivity index (χ1) is 13.0. The summed E-state index contributed by atoms with van der Waals surface area (Å²) in [6.07, 6.45) is 0.424. The van der Waals surface area contributed by atoms with Crippen molar-refractivity contribution >= 4 is 28.9 Å². The minimum absolute atomic E-state index is 0.0458. The maximum Gasteiger partial charge on any atom is 0.243 e. The van der Waals surface area contributed by atoms with Gasteiger partial charge in [0.25, 0.3) is 0 Å². The van der Waals surface area contributed by atoms with Crippen LogP contribution in [0, 0.1) is 5.92 Å². The molecule has 144 valence electrons. The van der Waals surface area contributed by atoms with Gasteiger partial charge in [-0.15, -0.1) is 0 Å². The maximum absolute atomic E-state index is 12.1. The van der Waals surface area contributed by atoms with Crippen molar-refractivity contribution in [3.63, 3.8) is 0 Å². The van der Waals surface area contributed by atoms with Gasteiger partial charge in [0.1, 0.15) is 5.75 Å². The predicted molar refractivity (Wildman–Crippen MR) is 109 cm³/mol. The Hall–Kier alpha value is -3.02. The van der Waals surface area contributed by atoms with Crippen LogP contribution in [0.25, 0.3) is 0 Å². The Kier molecular flexibility index (Phi) is 7.67.